The molecule has 2 aromatic rings. The molecule has 2 aromatic carbocycles. The number of piperidine rings is 1. The topological polar surface area (TPSA) is 73.0 Å². The third kappa shape index (κ3) is 4.84. The molecule has 1 aliphatic carbocycles. The van der Waals surface area contributed by atoms with E-state index in [1.165, 1.54) is 6.42 Å². The lowest BCUT2D eigenvalue weighted by Gasteiger charge is -2.43. The second-order valence-corrected chi connectivity index (χ2v) is 10.5. The molecule has 7 nitrogen and oxygen atoms in total. The third-order valence-electron chi connectivity index (χ3n) is 8.06. The van der Waals surface area contributed by atoms with Gasteiger partial charge in [-0.1, -0.05) is 55.2 Å². The summed E-state index contributed by atoms with van der Waals surface area (Å²) in [5.74, 6) is -0.0786. The number of hydrogen-bond acceptors (Lipinski definition) is 4. The number of likely N-dealkylation sites (tertiary alicyclic amines) is 1. The van der Waals surface area contributed by atoms with Crippen LogP contribution in [0.3, 0.4) is 0 Å². The van der Waals surface area contributed by atoms with Gasteiger partial charge in [0, 0.05) is 30.4 Å². The third-order valence-corrected chi connectivity index (χ3v) is 8.06. The van der Waals surface area contributed by atoms with Gasteiger partial charge in [0.1, 0.15) is 12.1 Å². The lowest BCUT2D eigenvalue weighted by molar-refractivity contribution is -0.137. The summed E-state index contributed by atoms with van der Waals surface area (Å²) in [5, 5.41) is 3.15. The molecule has 0 unspecified atom stereocenters. The zero-order valence-electron chi connectivity index (χ0n) is 21.1. The van der Waals surface area contributed by atoms with Crippen molar-refractivity contribution in [2.75, 3.05) is 31.2 Å². The summed E-state index contributed by atoms with van der Waals surface area (Å²) in [6.07, 6.45) is 6.65. The predicted molar refractivity (Wildman–Crippen MR) is 140 cm³/mol. The molecule has 5 rings (SSSR count). The van der Waals surface area contributed by atoms with Crippen LogP contribution in [0.1, 0.15) is 60.9 Å². The summed E-state index contributed by atoms with van der Waals surface area (Å²) in [4.78, 5) is 45.6. The lowest BCUT2D eigenvalue weighted by atomic mass is 9.85. The minimum Gasteiger partial charge on any atom is -0.352 e. The van der Waals surface area contributed by atoms with Gasteiger partial charge in [0.15, 0.2) is 0 Å². The Bertz CT molecular complexity index is 1090. The fourth-order valence-corrected chi connectivity index (χ4v) is 5.97. The van der Waals surface area contributed by atoms with Crippen molar-refractivity contribution in [3.63, 3.8) is 0 Å². The summed E-state index contributed by atoms with van der Waals surface area (Å²) in [7, 11) is 0. The van der Waals surface area contributed by atoms with Crippen molar-refractivity contribution < 1.29 is 14.4 Å². The van der Waals surface area contributed by atoms with Crippen molar-refractivity contribution in [2.24, 2.45) is 0 Å². The molecule has 3 amide bonds. The summed E-state index contributed by atoms with van der Waals surface area (Å²) >= 11 is 0. The number of nitrogens with one attached hydrogen (secondary N) is 1. The van der Waals surface area contributed by atoms with Crippen molar-refractivity contribution in [1.29, 1.82) is 0 Å². The number of hydrogen-bond donors (Lipinski definition) is 1. The molecule has 1 saturated carbocycles. The molecule has 36 heavy (non-hydrogen) atoms. The molecule has 3 fully saturated rings. The zero-order chi connectivity index (χ0) is 25.1. The fraction of sp³-hybridized carbons (Fsp3) is 0.483. The number of aryl methyl sites for hydroxylation is 1. The molecule has 1 spiro atoms. The maximum Gasteiger partial charge on any atom is 0.253 e. The minimum atomic E-state index is -0.740. The molecule has 2 aliphatic heterocycles. The summed E-state index contributed by atoms with van der Waals surface area (Å²) < 4.78 is 0. The number of carbonyl (C=O) groups is 3. The maximum absolute atomic E-state index is 13.9. The van der Waals surface area contributed by atoms with Gasteiger partial charge in [-0.3, -0.25) is 14.4 Å². The normalized spacial score (nSPS) is 20.1. The summed E-state index contributed by atoms with van der Waals surface area (Å²) in [6, 6.07) is 17.8. The van der Waals surface area contributed by atoms with E-state index in [0.29, 0.717) is 38.2 Å². The van der Waals surface area contributed by atoms with Gasteiger partial charge < -0.3 is 20.0 Å². The zero-order valence-corrected chi connectivity index (χ0v) is 21.1. The molecular weight excluding hydrogens is 452 g/mol. The monoisotopic (exact) mass is 488 g/mol. The van der Waals surface area contributed by atoms with E-state index < -0.39 is 5.54 Å². The second-order valence-electron chi connectivity index (χ2n) is 10.5. The first kappa shape index (κ1) is 24.3. The Morgan fingerprint density at radius 3 is 2.28 bits per heavy atom. The quantitative estimate of drug-likeness (QED) is 0.696. The van der Waals surface area contributed by atoms with Crippen molar-refractivity contribution in [3.05, 3.63) is 65.7 Å². The Morgan fingerprint density at radius 1 is 0.944 bits per heavy atom. The predicted octanol–water partition coefficient (Wildman–Crippen LogP) is 3.73. The van der Waals surface area contributed by atoms with Crippen molar-refractivity contribution in [1.82, 2.24) is 15.1 Å². The first-order chi connectivity index (χ1) is 17.5. The Balaban J connectivity index is 1.31. The van der Waals surface area contributed by atoms with Crippen LogP contribution in [-0.4, -0.2) is 65.4 Å². The largest absolute Gasteiger partial charge is 0.352 e. The van der Waals surface area contributed by atoms with Crippen molar-refractivity contribution in [3.8, 4) is 0 Å². The number of rotatable bonds is 5. The van der Waals surface area contributed by atoms with Gasteiger partial charge in [0.2, 0.25) is 5.91 Å². The van der Waals surface area contributed by atoms with Crippen LogP contribution >= 0.6 is 0 Å². The SMILES string of the molecule is Cc1ccc(C(=O)N2CCC3(CC2)C(=O)N(CC(=O)NC2CCCCC2)CN3c2ccccc2)cc1. The van der Waals surface area contributed by atoms with Crippen LogP contribution in [0.15, 0.2) is 54.6 Å². The van der Waals surface area contributed by atoms with E-state index in [1.54, 1.807) is 4.90 Å². The van der Waals surface area contributed by atoms with Gasteiger partial charge >= 0.3 is 0 Å². The van der Waals surface area contributed by atoms with Crippen LogP contribution in [0.25, 0.3) is 0 Å². The molecule has 3 aliphatic rings. The lowest BCUT2D eigenvalue weighted by Crippen LogP contribution is -2.57. The molecule has 2 heterocycles. The van der Waals surface area contributed by atoms with E-state index in [9.17, 15) is 14.4 Å². The maximum atomic E-state index is 13.9. The smallest absolute Gasteiger partial charge is 0.253 e. The number of carbonyl (C=O) groups excluding carboxylic acids is 3. The van der Waals surface area contributed by atoms with E-state index >= 15 is 0 Å². The van der Waals surface area contributed by atoms with Crippen LogP contribution < -0.4 is 10.2 Å². The highest BCUT2D eigenvalue weighted by molar-refractivity contribution is 5.97. The van der Waals surface area contributed by atoms with Crippen LogP contribution in [0.4, 0.5) is 5.69 Å². The second kappa shape index (κ2) is 10.3. The standard InChI is InChI=1S/C29H36N4O3/c1-22-12-14-23(15-13-22)27(35)31-18-16-29(17-19-31)28(36)32(21-33(29)25-10-6-3-7-11-25)20-26(34)30-24-8-4-2-5-9-24/h3,6-7,10-15,24H,2,4-5,8-9,16-21H2,1H3,(H,30,34). The molecule has 0 radical (unpaired) electrons. The average molecular weight is 489 g/mol. The molecule has 0 bridgehead atoms. The molecule has 1 N–H and O–H groups in total. The van der Waals surface area contributed by atoms with E-state index in [-0.39, 0.29) is 30.3 Å². The Morgan fingerprint density at radius 2 is 1.61 bits per heavy atom. The number of benzene rings is 2. The van der Waals surface area contributed by atoms with E-state index in [0.717, 1.165) is 36.9 Å². The van der Waals surface area contributed by atoms with E-state index in [2.05, 4.69) is 10.2 Å². The highest BCUT2D eigenvalue weighted by Crippen LogP contribution is 2.39. The molecule has 0 aromatic heterocycles. The van der Waals surface area contributed by atoms with Crippen molar-refractivity contribution in [2.45, 2.75) is 63.5 Å². The molecule has 7 heteroatoms. The first-order valence-corrected chi connectivity index (χ1v) is 13.2. The van der Waals surface area contributed by atoms with Crippen molar-refractivity contribution >= 4 is 23.4 Å². The molecular formula is C29H36N4O3. The Hall–Kier alpha value is -3.35. The summed E-state index contributed by atoms with van der Waals surface area (Å²) in [5.41, 5.74) is 2.03. The molecule has 2 saturated heterocycles. The molecule has 190 valence electrons. The van der Waals surface area contributed by atoms with Crippen LogP contribution in [-0.2, 0) is 9.59 Å². The van der Waals surface area contributed by atoms with Gasteiger partial charge in [-0.15, -0.1) is 0 Å². The van der Waals surface area contributed by atoms with Crippen LogP contribution in [0.5, 0.6) is 0 Å². The first-order valence-electron chi connectivity index (χ1n) is 13.2. The van der Waals surface area contributed by atoms with Gasteiger partial charge in [0.25, 0.3) is 11.8 Å². The van der Waals surface area contributed by atoms with Gasteiger partial charge in [-0.25, -0.2) is 0 Å². The van der Waals surface area contributed by atoms with Gasteiger partial charge in [-0.2, -0.15) is 0 Å². The number of nitrogens with zero attached hydrogens (tertiary/aromatic N) is 3. The highest BCUT2D eigenvalue weighted by atomic mass is 16.2. The number of anilines is 1. The number of para-hydroxylation sites is 1. The minimum absolute atomic E-state index is 0.00488. The fourth-order valence-electron chi connectivity index (χ4n) is 5.97. The molecule has 0 atom stereocenters. The van der Waals surface area contributed by atoms with Gasteiger partial charge in [-0.05, 0) is 56.9 Å². The van der Waals surface area contributed by atoms with Crippen LogP contribution in [0, 0.1) is 6.92 Å². The summed E-state index contributed by atoms with van der Waals surface area (Å²) in [6.45, 7) is 3.47. The van der Waals surface area contributed by atoms with E-state index in [4.69, 9.17) is 0 Å². The Labute approximate surface area is 213 Å². The van der Waals surface area contributed by atoms with Crippen LogP contribution in [0.2, 0.25) is 0 Å². The van der Waals surface area contributed by atoms with Gasteiger partial charge in [0.05, 0.1) is 6.67 Å². The van der Waals surface area contributed by atoms with E-state index in [1.807, 2.05) is 66.4 Å². The average Bonchev–Trinajstić information content (AvgIpc) is 3.16. The number of amides is 3. The Kier molecular flexibility index (Phi) is 6.99. The highest BCUT2D eigenvalue weighted by Gasteiger charge is 2.54.